The van der Waals surface area contributed by atoms with E-state index in [0.29, 0.717) is 12.1 Å². The minimum absolute atomic E-state index is 0.324. The van der Waals surface area contributed by atoms with E-state index >= 15 is 0 Å². The highest BCUT2D eigenvalue weighted by Crippen LogP contribution is 2.23. The smallest absolute Gasteiger partial charge is 0.155 e. The quantitative estimate of drug-likeness (QED) is 0.935. The molecular formula is C14H20N4S. The van der Waals surface area contributed by atoms with Crippen LogP contribution < -0.4 is 5.32 Å². The Labute approximate surface area is 118 Å². The summed E-state index contributed by atoms with van der Waals surface area (Å²) >= 11 is 2.03. The highest BCUT2D eigenvalue weighted by Gasteiger charge is 2.20. The third-order valence-corrected chi connectivity index (χ3v) is 4.93. The van der Waals surface area contributed by atoms with E-state index in [9.17, 15) is 0 Å². The SMILES string of the molecule is Cc1cc2ncc(C(C)NC3CCSC3)c(C)n2n1. The number of hydrogen-bond donors (Lipinski definition) is 1. The van der Waals surface area contributed by atoms with Gasteiger partial charge in [0.05, 0.1) is 5.69 Å². The summed E-state index contributed by atoms with van der Waals surface area (Å²) < 4.78 is 1.95. The molecule has 4 nitrogen and oxygen atoms in total. The van der Waals surface area contributed by atoms with Gasteiger partial charge in [-0.05, 0) is 32.9 Å². The van der Waals surface area contributed by atoms with Crippen molar-refractivity contribution >= 4 is 17.4 Å². The lowest BCUT2D eigenvalue weighted by atomic mass is 10.1. The molecule has 0 saturated carbocycles. The van der Waals surface area contributed by atoms with Gasteiger partial charge in [0.15, 0.2) is 5.65 Å². The van der Waals surface area contributed by atoms with Crippen molar-refractivity contribution in [3.05, 3.63) is 29.2 Å². The molecule has 5 heteroatoms. The van der Waals surface area contributed by atoms with E-state index in [1.807, 2.05) is 35.5 Å². The normalized spacial score (nSPS) is 21.1. The van der Waals surface area contributed by atoms with Crippen LogP contribution in [0.25, 0.3) is 5.65 Å². The average Bonchev–Trinajstić information content (AvgIpc) is 2.98. The van der Waals surface area contributed by atoms with Gasteiger partial charge in [0.2, 0.25) is 0 Å². The molecule has 0 spiro atoms. The third-order valence-electron chi connectivity index (χ3n) is 3.77. The molecular weight excluding hydrogens is 256 g/mol. The summed E-state index contributed by atoms with van der Waals surface area (Å²) in [5.74, 6) is 2.50. The number of hydrogen-bond acceptors (Lipinski definition) is 4. The van der Waals surface area contributed by atoms with Crippen LogP contribution in [0.4, 0.5) is 0 Å². The number of nitrogens with one attached hydrogen (secondary N) is 1. The zero-order valence-corrected chi connectivity index (χ0v) is 12.5. The Morgan fingerprint density at radius 2 is 2.32 bits per heavy atom. The Kier molecular flexibility index (Phi) is 3.50. The summed E-state index contributed by atoms with van der Waals surface area (Å²) in [6.45, 7) is 6.35. The molecule has 3 rings (SSSR count). The molecule has 102 valence electrons. The van der Waals surface area contributed by atoms with Crippen LogP contribution in [-0.4, -0.2) is 32.1 Å². The first-order valence-electron chi connectivity index (χ1n) is 6.81. The maximum Gasteiger partial charge on any atom is 0.155 e. The molecule has 1 N–H and O–H groups in total. The molecule has 0 radical (unpaired) electrons. The molecule has 1 saturated heterocycles. The second-order valence-electron chi connectivity index (χ2n) is 5.30. The number of aryl methyl sites for hydroxylation is 2. The number of rotatable bonds is 3. The molecule has 1 aliphatic heterocycles. The van der Waals surface area contributed by atoms with Crippen LogP contribution in [0.2, 0.25) is 0 Å². The Morgan fingerprint density at radius 1 is 1.47 bits per heavy atom. The molecule has 0 aliphatic carbocycles. The summed E-state index contributed by atoms with van der Waals surface area (Å²) in [5.41, 5.74) is 4.37. The third kappa shape index (κ3) is 2.49. The van der Waals surface area contributed by atoms with E-state index in [1.165, 1.54) is 29.2 Å². The van der Waals surface area contributed by atoms with Crippen LogP contribution >= 0.6 is 11.8 Å². The lowest BCUT2D eigenvalue weighted by Gasteiger charge is -2.20. The largest absolute Gasteiger partial charge is 0.306 e. The maximum atomic E-state index is 4.51. The predicted octanol–water partition coefficient (Wildman–Crippen LogP) is 2.50. The van der Waals surface area contributed by atoms with E-state index in [4.69, 9.17) is 0 Å². The lowest BCUT2D eigenvalue weighted by Crippen LogP contribution is -2.31. The van der Waals surface area contributed by atoms with Gasteiger partial charge in [-0.1, -0.05) is 0 Å². The number of thioether (sulfide) groups is 1. The first-order chi connectivity index (χ1) is 9.15. The molecule has 3 heterocycles. The number of nitrogens with zero attached hydrogens (tertiary/aromatic N) is 3. The second-order valence-corrected chi connectivity index (χ2v) is 6.45. The Hall–Kier alpha value is -1.07. The van der Waals surface area contributed by atoms with Gasteiger partial charge in [-0.25, -0.2) is 9.50 Å². The molecule has 0 bridgehead atoms. The molecule has 2 atom stereocenters. The maximum absolute atomic E-state index is 4.51. The molecule has 0 aromatic carbocycles. The summed E-state index contributed by atoms with van der Waals surface area (Å²) in [7, 11) is 0. The topological polar surface area (TPSA) is 42.2 Å². The molecule has 1 aliphatic rings. The van der Waals surface area contributed by atoms with Crippen molar-refractivity contribution < 1.29 is 0 Å². The van der Waals surface area contributed by atoms with Gasteiger partial charge in [-0.2, -0.15) is 16.9 Å². The molecule has 2 aromatic rings. The van der Waals surface area contributed by atoms with Gasteiger partial charge in [-0.15, -0.1) is 0 Å². The summed E-state index contributed by atoms with van der Waals surface area (Å²) in [4.78, 5) is 4.51. The standard InChI is InChI=1S/C14H20N4S/c1-9-6-14-15-7-13(11(3)18(14)17-9)10(2)16-12-4-5-19-8-12/h6-7,10,12,16H,4-5,8H2,1-3H3. The van der Waals surface area contributed by atoms with Crippen LogP contribution in [0, 0.1) is 13.8 Å². The monoisotopic (exact) mass is 276 g/mol. The van der Waals surface area contributed by atoms with E-state index in [2.05, 4.69) is 29.2 Å². The Morgan fingerprint density at radius 3 is 3.05 bits per heavy atom. The van der Waals surface area contributed by atoms with Gasteiger partial charge in [0, 0.05) is 41.4 Å². The fourth-order valence-corrected chi connectivity index (χ4v) is 3.88. The summed E-state index contributed by atoms with van der Waals surface area (Å²) in [6, 6.07) is 2.97. The first kappa shape index (κ1) is 12.9. The van der Waals surface area contributed by atoms with Gasteiger partial charge in [-0.3, -0.25) is 0 Å². The average molecular weight is 276 g/mol. The lowest BCUT2D eigenvalue weighted by molar-refractivity contribution is 0.481. The van der Waals surface area contributed by atoms with Crippen LogP contribution in [0.15, 0.2) is 12.3 Å². The minimum atomic E-state index is 0.324. The van der Waals surface area contributed by atoms with Crippen LogP contribution in [-0.2, 0) is 0 Å². The van der Waals surface area contributed by atoms with Gasteiger partial charge in [0.25, 0.3) is 0 Å². The first-order valence-corrected chi connectivity index (χ1v) is 7.96. The minimum Gasteiger partial charge on any atom is -0.306 e. The molecule has 2 unspecified atom stereocenters. The van der Waals surface area contributed by atoms with E-state index < -0.39 is 0 Å². The molecule has 19 heavy (non-hydrogen) atoms. The van der Waals surface area contributed by atoms with Crippen LogP contribution in [0.1, 0.15) is 36.3 Å². The van der Waals surface area contributed by atoms with Crippen LogP contribution in [0.3, 0.4) is 0 Å². The van der Waals surface area contributed by atoms with Crippen LogP contribution in [0.5, 0.6) is 0 Å². The van der Waals surface area contributed by atoms with Crippen molar-refractivity contribution in [1.29, 1.82) is 0 Å². The Balaban J connectivity index is 1.88. The summed E-state index contributed by atoms with van der Waals surface area (Å²) in [6.07, 6.45) is 3.26. The van der Waals surface area contributed by atoms with Crippen molar-refractivity contribution in [1.82, 2.24) is 19.9 Å². The highest BCUT2D eigenvalue weighted by molar-refractivity contribution is 7.99. The Bertz CT molecular complexity index is 586. The van der Waals surface area contributed by atoms with E-state index in [1.54, 1.807) is 0 Å². The molecule has 2 aromatic heterocycles. The zero-order chi connectivity index (χ0) is 13.4. The van der Waals surface area contributed by atoms with Crippen molar-refractivity contribution in [2.75, 3.05) is 11.5 Å². The zero-order valence-electron chi connectivity index (χ0n) is 11.7. The number of aromatic nitrogens is 3. The number of fused-ring (bicyclic) bond motifs is 1. The highest BCUT2D eigenvalue weighted by atomic mass is 32.2. The van der Waals surface area contributed by atoms with Gasteiger partial charge in [0.1, 0.15) is 0 Å². The fourth-order valence-electron chi connectivity index (χ4n) is 2.71. The van der Waals surface area contributed by atoms with Gasteiger partial charge >= 0.3 is 0 Å². The molecule has 1 fully saturated rings. The molecule has 0 amide bonds. The van der Waals surface area contributed by atoms with Crippen molar-refractivity contribution in [3.8, 4) is 0 Å². The van der Waals surface area contributed by atoms with Crippen molar-refractivity contribution in [3.63, 3.8) is 0 Å². The van der Waals surface area contributed by atoms with Gasteiger partial charge < -0.3 is 5.32 Å². The van der Waals surface area contributed by atoms with E-state index in [-0.39, 0.29) is 0 Å². The predicted molar refractivity (Wildman–Crippen MR) is 79.7 cm³/mol. The van der Waals surface area contributed by atoms with E-state index in [0.717, 1.165) is 11.3 Å². The second kappa shape index (κ2) is 5.13. The fraction of sp³-hybridized carbons (Fsp3) is 0.571. The van der Waals surface area contributed by atoms with Crippen molar-refractivity contribution in [2.24, 2.45) is 0 Å². The summed E-state index contributed by atoms with van der Waals surface area (Å²) in [5, 5.41) is 8.22. The van der Waals surface area contributed by atoms with Crippen molar-refractivity contribution in [2.45, 2.75) is 39.3 Å².